The smallest absolute Gasteiger partial charge is 0.266 e. The predicted octanol–water partition coefficient (Wildman–Crippen LogP) is 5.07. The van der Waals surface area contributed by atoms with Crippen molar-refractivity contribution in [3.8, 4) is 0 Å². The Morgan fingerprint density at radius 1 is 1.17 bits per heavy atom. The minimum Gasteiger partial charge on any atom is -0.266 e. The molecule has 0 spiro atoms. The third-order valence-electron chi connectivity index (χ3n) is 3.53. The van der Waals surface area contributed by atoms with E-state index in [1.165, 1.54) is 11.3 Å². The summed E-state index contributed by atoms with van der Waals surface area (Å²) in [6.07, 6.45) is 1.72. The molecule has 2 aromatic carbocycles. The van der Waals surface area contributed by atoms with Gasteiger partial charge in [-0.2, -0.15) is 5.10 Å². The lowest BCUT2D eigenvalue weighted by Gasteiger charge is -2.05. The van der Waals surface area contributed by atoms with Gasteiger partial charge in [-0.1, -0.05) is 67.1 Å². The number of hydrazone groups is 1. The Labute approximate surface area is 143 Å². The fourth-order valence-electron chi connectivity index (χ4n) is 2.26. The number of fused-ring (bicyclic) bond motifs is 1. The molecule has 1 aromatic heterocycles. The molecule has 23 heavy (non-hydrogen) atoms. The van der Waals surface area contributed by atoms with Gasteiger partial charge in [0.2, 0.25) is 0 Å². The average molecular weight is 343 g/mol. The van der Waals surface area contributed by atoms with Gasteiger partial charge in [-0.25, -0.2) is 5.43 Å². The van der Waals surface area contributed by atoms with Crippen molar-refractivity contribution in [1.82, 2.24) is 5.43 Å². The van der Waals surface area contributed by atoms with E-state index in [4.69, 9.17) is 11.6 Å². The molecule has 0 bridgehead atoms. The van der Waals surface area contributed by atoms with Crippen molar-refractivity contribution < 1.29 is 4.79 Å². The average Bonchev–Trinajstić information content (AvgIpc) is 2.93. The van der Waals surface area contributed by atoms with Gasteiger partial charge in [-0.15, -0.1) is 11.3 Å². The number of benzene rings is 2. The maximum Gasteiger partial charge on any atom is 0.282 e. The lowest BCUT2D eigenvalue weighted by Crippen LogP contribution is -2.17. The number of thiophene rings is 1. The Hall–Kier alpha value is -2.17. The van der Waals surface area contributed by atoms with Gasteiger partial charge in [0.25, 0.3) is 5.91 Å². The van der Waals surface area contributed by atoms with E-state index in [9.17, 15) is 4.79 Å². The molecule has 1 heterocycles. The van der Waals surface area contributed by atoms with E-state index in [1.807, 2.05) is 61.5 Å². The number of nitrogens with one attached hydrogen (secondary N) is 1. The fourth-order valence-corrected chi connectivity index (χ4v) is 3.67. The Morgan fingerprint density at radius 3 is 2.61 bits per heavy atom. The van der Waals surface area contributed by atoms with Crippen molar-refractivity contribution >= 4 is 45.1 Å². The van der Waals surface area contributed by atoms with Crippen LogP contribution in [-0.2, 0) is 0 Å². The molecule has 116 valence electrons. The van der Waals surface area contributed by atoms with Gasteiger partial charge < -0.3 is 0 Å². The summed E-state index contributed by atoms with van der Waals surface area (Å²) in [6, 6.07) is 17.7. The van der Waals surface area contributed by atoms with Crippen LogP contribution in [0.2, 0.25) is 5.02 Å². The molecule has 0 fully saturated rings. The number of carbonyl (C=O) groups is 1. The molecule has 0 aliphatic carbocycles. The topological polar surface area (TPSA) is 41.5 Å². The van der Waals surface area contributed by atoms with E-state index >= 15 is 0 Å². The van der Waals surface area contributed by atoms with Crippen LogP contribution in [0.1, 0.15) is 28.1 Å². The number of rotatable bonds is 4. The molecule has 0 saturated carbocycles. The normalized spacial score (nSPS) is 12.6. The van der Waals surface area contributed by atoms with Crippen molar-refractivity contribution in [3.63, 3.8) is 0 Å². The molecule has 1 N–H and O–H groups in total. The summed E-state index contributed by atoms with van der Waals surface area (Å²) in [7, 11) is 0. The lowest BCUT2D eigenvalue weighted by molar-refractivity contribution is 0.0959. The lowest BCUT2D eigenvalue weighted by atomic mass is 10.0. The number of amides is 1. The molecule has 0 aliphatic heterocycles. The third-order valence-corrected chi connectivity index (χ3v) is 5.20. The first-order valence-electron chi connectivity index (χ1n) is 7.22. The van der Waals surface area contributed by atoms with Gasteiger partial charge in [0.1, 0.15) is 4.88 Å². The highest BCUT2D eigenvalue weighted by atomic mass is 35.5. The van der Waals surface area contributed by atoms with Crippen molar-refractivity contribution in [3.05, 3.63) is 70.1 Å². The van der Waals surface area contributed by atoms with Gasteiger partial charge in [0, 0.05) is 22.2 Å². The van der Waals surface area contributed by atoms with E-state index < -0.39 is 0 Å². The summed E-state index contributed by atoms with van der Waals surface area (Å²) in [5.74, 6) is -0.165. The summed E-state index contributed by atoms with van der Waals surface area (Å²) in [5.41, 5.74) is 3.70. The molecule has 3 rings (SSSR count). The monoisotopic (exact) mass is 342 g/mol. The number of nitrogens with zero attached hydrogens (tertiary/aromatic N) is 1. The Kier molecular flexibility index (Phi) is 4.74. The highest BCUT2D eigenvalue weighted by Gasteiger charge is 2.16. The van der Waals surface area contributed by atoms with Crippen LogP contribution in [0.3, 0.4) is 0 Å². The predicted molar refractivity (Wildman–Crippen MR) is 97.7 cm³/mol. The number of hydrogen-bond donors (Lipinski definition) is 1. The van der Waals surface area contributed by atoms with E-state index in [2.05, 4.69) is 10.5 Å². The second-order valence-electron chi connectivity index (χ2n) is 5.16. The first-order valence-corrected chi connectivity index (χ1v) is 8.42. The zero-order valence-corrected chi connectivity index (χ0v) is 14.1. The third kappa shape index (κ3) is 3.44. The van der Waals surface area contributed by atoms with Crippen LogP contribution in [0.4, 0.5) is 0 Å². The van der Waals surface area contributed by atoms with Gasteiger partial charge in [0.15, 0.2) is 0 Å². The number of carbonyl (C=O) groups excluding carboxylic acids is 1. The molecule has 3 aromatic rings. The van der Waals surface area contributed by atoms with Crippen LogP contribution >= 0.6 is 22.9 Å². The molecule has 1 unspecified atom stereocenters. The van der Waals surface area contributed by atoms with E-state index in [0.717, 1.165) is 15.6 Å². The largest absolute Gasteiger partial charge is 0.282 e. The van der Waals surface area contributed by atoms with E-state index in [-0.39, 0.29) is 11.8 Å². The fraction of sp³-hybridized carbons (Fsp3) is 0.111. The Bertz CT molecular complexity index is 858. The summed E-state index contributed by atoms with van der Waals surface area (Å²) < 4.78 is 0.990. The Morgan fingerprint density at radius 2 is 1.87 bits per heavy atom. The molecule has 5 heteroatoms. The highest BCUT2D eigenvalue weighted by Crippen LogP contribution is 2.34. The molecule has 1 amide bonds. The quantitative estimate of drug-likeness (QED) is 0.521. The van der Waals surface area contributed by atoms with Crippen molar-refractivity contribution in [2.75, 3.05) is 0 Å². The second kappa shape index (κ2) is 6.94. The maximum absolute atomic E-state index is 12.3. The SMILES string of the molecule is CC(C=NNC(=O)c1sc2ccccc2c1Cl)c1ccccc1. The van der Waals surface area contributed by atoms with E-state index in [1.54, 1.807) is 6.21 Å². The highest BCUT2D eigenvalue weighted by molar-refractivity contribution is 7.21. The van der Waals surface area contributed by atoms with Crippen LogP contribution in [0.25, 0.3) is 10.1 Å². The molecular weight excluding hydrogens is 328 g/mol. The van der Waals surface area contributed by atoms with Crippen LogP contribution in [0, 0.1) is 0 Å². The second-order valence-corrected chi connectivity index (χ2v) is 6.59. The van der Waals surface area contributed by atoms with Crippen molar-refractivity contribution in [2.45, 2.75) is 12.8 Å². The zero-order chi connectivity index (χ0) is 16.2. The molecular formula is C18H15ClN2OS. The minimum atomic E-state index is -0.285. The van der Waals surface area contributed by atoms with Crippen LogP contribution in [0.5, 0.6) is 0 Å². The Balaban J connectivity index is 1.71. The van der Waals surface area contributed by atoms with Gasteiger partial charge in [0.05, 0.1) is 5.02 Å². The van der Waals surface area contributed by atoms with Gasteiger partial charge in [-0.05, 0) is 11.6 Å². The molecule has 0 saturated heterocycles. The van der Waals surface area contributed by atoms with Crippen molar-refractivity contribution in [2.24, 2.45) is 5.10 Å². The summed E-state index contributed by atoms with van der Waals surface area (Å²) in [6.45, 7) is 2.03. The number of hydrogen-bond acceptors (Lipinski definition) is 3. The number of halogens is 1. The first kappa shape index (κ1) is 15.7. The van der Waals surface area contributed by atoms with Crippen LogP contribution in [0.15, 0.2) is 59.7 Å². The van der Waals surface area contributed by atoms with Crippen molar-refractivity contribution in [1.29, 1.82) is 0 Å². The van der Waals surface area contributed by atoms with Crippen LogP contribution < -0.4 is 5.43 Å². The molecule has 1 atom stereocenters. The summed E-state index contributed by atoms with van der Waals surface area (Å²) in [5, 5.41) is 5.43. The summed E-state index contributed by atoms with van der Waals surface area (Å²) in [4.78, 5) is 12.7. The molecule has 3 nitrogen and oxygen atoms in total. The standard InChI is InChI=1S/C18H15ClN2OS/c1-12(13-7-3-2-4-8-13)11-20-21-18(22)17-16(19)14-9-5-6-10-15(14)23-17/h2-12H,1H3,(H,21,22). The van der Waals surface area contributed by atoms with Gasteiger partial charge >= 0.3 is 0 Å². The molecule has 0 aliphatic rings. The minimum absolute atomic E-state index is 0.120. The zero-order valence-electron chi connectivity index (χ0n) is 12.5. The molecule has 0 radical (unpaired) electrons. The maximum atomic E-state index is 12.3. The van der Waals surface area contributed by atoms with Gasteiger partial charge in [-0.3, -0.25) is 4.79 Å². The summed E-state index contributed by atoms with van der Waals surface area (Å²) >= 11 is 7.66. The van der Waals surface area contributed by atoms with Crippen LogP contribution in [-0.4, -0.2) is 12.1 Å². The van der Waals surface area contributed by atoms with E-state index in [0.29, 0.717) is 9.90 Å². The first-order chi connectivity index (χ1) is 11.2.